The minimum atomic E-state index is -0.554. The van der Waals surface area contributed by atoms with Crippen molar-refractivity contribution < 1.29 is 19.1 Å². The Bertz CT molecular complexity index is 711. The van der Waals surface area contributed by atoms with Crippen LogP contribution in [0.2, 0.25) is 0 Å². The number of carbonyl (C=O) groups excluding carboxylic acids is 1. The summed E-state index contributed by atoms with van der Waals surface area (Å²) in [5.41, 5.74) is 2.37. The molecule has 138 valence electrons. The summed E-state index contributed by atoms with van der Waals surface area (Å²) in [6.07, 6.45) is 5.53. The molecule has 2 aromatic rings. The number of ether oxygens (including phenoxy) is 2. The van der Waals surface area contributed by atoms with E-state index in [9.17, 15) is 4.79 Å². The Labute approximate surface area is 153 Å². The van der Waals surface area contributed by atoms with Crippen molar-refractivity contribution in [2.75, 3.05) is 20.3 Å². The van der Waals surface area contributed by atoms with Gasteiger partial charge in [-0.05, 0) is 0 Å². The number of esters is 1. The fraction of sp³-hybridized carbons (Fsp3) is 0.368. The van der Waals surface area contributed by atoms with Crippen LogP contribution < -0.4 is 0 Å². The lowest BCUT2D eigenvalue weighted by molar-refractivity contribution is -0.132. The van der Waals surface area contributed by atoms with Crippen LogP contribution in [-0.4, -0.2) is 48.1 Å². The zero-order valence-electron chi connectivity index (χ0n) is 15.2. The molecule has 0 spiro atoms. The van der Waals surface area contributed by atoms with E-state index in [1.807, 2.05) is 26.0 Å². The molecule has 1 aliphatic heterocycles. The Morgan fingerprint density at radius 1 is 1.23 bits per heavy atom. The molecule has 0 aliphatic carbocycles. The predicted octanol–water partition coefficient (Wildman–Crippen LogP) is 2.85. The summed E-state index contributed by atoms with van der Waals surface area (Å²) in [5.74, 6) is -0.554. The van der Waals surface area contributed by atoms with E-state index < -0.39 is 5.97 Å². The van der Waals surface area contributed by atoms with Gasteiger partial charge in [0.15, 0.2) is 11.8 Å². The highest BCUT2D eigenvalue weighted by Crippen LogP contribution is 2.17. The number of nitrogens with zero attached hydrogens (tertiary/aromatic N) is 3. The Morgan fingerprint density at radius 3 is 2.58 bits per heavy atom. The van der Waals surface area contributed by atoms with Crippen LogP contribution in [0, 0.1) is 0 Å². The fourth-order valence-electron chi connectivity index (χ4n) is 2.27. The summed E-state index contributed by atoms with van der Waals surface area (Å²) < 4.78 is 10.0. The summed E-state index contributed by atoms with van der Waals surface area (Å²) >= 11 is 0. The maximum Gasteiger partial charge on any atom is 0.360 e. The quantitative estimate of drug-likeness (QED) is 0.465. The third-order valence-electron chi connectivity index (χ3n) is 3.58. The van der Waals surface area contributed by atoms with E-state index in [4.69, 9.17) is 14.3 Å². The zero-order valence-corrected chi connectivity index (χ0v) is 15.2. The van der Waals surface area contributed by atoms with E-state index in [1.165, 1.54) is 7.11 Å². The van der Waals surface area contributed by atoms with Crippen molar-refractivity contribution in [1.82, 2.24) is 9.97 Å². The molecule has 2 heterocycles. The zero-order chi connectivity index (χ0) is 18.8. The molecule has 0 N–H and O–H groups in total. The molecule has 0 saturated carbocycles. The number of hydrogen-bond donors (Lipinski definition) is 0. The lowest BCUT2D eigenvalue weighted by atomic mass is 10.1. The van der Waals surface area contributed by atoms with Gasteiger partial charge in [-0.2, -0.15) is 0 Å². The molecule has 0 bridgehead atoms. The average Bonchev–Trinajstić information content (AvgIpc) is 3.24. The number of oxime groups is 1. The van der Waals surface area contributed by atoms with Gasteiger partial charge in [0, 0.05) is 29.9 Å². The molecular formula is C19H23N3O4. The van der Waals surface area contributed by atoms with Crippen LogP contribution in [-0.2, 0) is 19.1 Å². The van der Waals surface area contributed by atoms with Gasteiger partial charge in [-0.3, -0.25) is 9.97 Å². The standard InChI is InChI=1S/C17H17N3O4.C2H6/c1-22-17(21)16(20-24-14-6-9-23-11-14)13-4-2-12(3-5-13)15-10-18-7-8-19-15;1-2/h2-5,7-8,10,14H,6,9,11H2,1H3;1-2H3/b20-16+;/t14-;/m1./s1. The molecule has 0 radical (unpaired) electrons. The summed E-state index contributed by atoms with van der Waals surface area (Å²) in [7, 11) is 1.31. The molecule has 3 rings (SSSR count). The minimum Gasteiger partial charge on any atom is -0.464 e. The molecule has 0 amide bonds. The van der Waals surface area contributed by atoms with Crippen molar-refractivity contribution in [1.29, 1.82) is 0 Å². The van der Waals surface area contributed by atoms with Gasteiger partial charge in [0.25, 0.3) is 0 Å². The Kier molecular flexibility index (Phi) is 7.70. The van der Waals surface area contributed by atoms with Crippen molar-refractivity contribution in [2.24, 2.45) is 5.16 Å². The van der Waals surface area contributed by atoms with Crippen LogP contribution in [0.4, 0.5) is 0 Å². The number of carbonyl (C=O) groups is 1. The molecule has 26 heavy (non-hydrogen) atoms. The van der Waals surface area contributed by atoms with Gasteiger partial charge in [-0.1, -0.05) is 43.3 Å². The number of hydrogen-bond acceptors (Lipinski definition) is 7. The summed E-state index contributed by atoms with van der Waals surface area (Å²) in [6.45, 7) is 5.12. The first-order valence-electron chi connectivity index (χ1n) is 8.54. The van der Waals surface area contributed by atoms with E-state index in [2.05, 4.69) is 15.1 Å². The molecule has 1 aliphatic rings. The molecular weight excluding hydrogens is 334 g/mol. The van der Waals surface area contributed by atoms with E-state index in [0.29, 0.717) is 18.8 Å². The topological polar surface area (TPSA) is 82.9 Å². The second kappa shape index (κ2) is 10.2. The Hall–Kier alpha value is -2.80. The van der Waals surface area contributed by atoms with Gasteiger partial charge in [-0.25, -0.2) is 4.79 Å². The monoisotopic (exact) mass is 357 g/mol. The van der Waals surface area contributed by atoms with E-state index >= 15 is 0 Å². The van der Waals surface area contributed by atoms with Gasteiger partial charge >= 0.3 is 5.97 Å². The highest BCUT2D eigenvalue weighted by Gasteiger charge is 2.20. The van der Waals surface area contributed by atoms with Crippen LogP contribution in [0.25, 0.3) is 11.3 Å². The van der Waals surface area contributed by atoms with E-state index in [0.717, 1.165) is 17.7 Å². The van der Waals surface area contributed by atoms with Crippen LogP contribution in [0.5, 0.6) is 0 Å². The molecule has 1 fully saturated rings. The van der Waals surface area contributed by atoms with Crippen LogP contribution in [0.15, 0.2) is 48.0 Å². The maximum absolute atomic E-state index is 12.0. The number of rotatable bonds is 5. The Balaban J connectivity index is 0.00000117. The first-order chi connectivity index (χ1) is 12.8. The molecule has 1 atom stereocenters. The first kappa shape index (κ1) is 19.5. The molecule has 7 heteroatoms. The number of benzene rings is 1. The van der Waals surface area contributed by atoms with Crippen molar-refractivity contribution in [2.45, 2.75) is 26.4 Å². The number of aromatic nitrogens is 2. The summed E-state index contributed by atoms with van der Waals surface area (Å²) in [4.78, 5) is 25.7. The molecule has 1 aromatic carbocycles. The third kappa shape index (κ3) is 5.10. The molecule has 0 unspecified atom stereocenters. The lowest BCUT2D eigenvalue weighted by Gasteiger charge is -2.09. The van der Waals surface area contributed by atoms with Gasteiger partial charge in [-0.15, -0.1) is 0 Å². The summed E-state index contributed by atoms with van der Waals surface area (Å²) in [5, 5.41) is 3.98. The highest BCUT2D eigenvalue weighted by molar-refractivity contribution is 6.43. The van der Waals surface area contributed by atoms with Crippen LogP contribution in [0.3, 0.4) is 0 Å². The van der Waals surface area contributed by atoms with Gasteiger partial charge < -0.3 is 14.3 Å². The smallest absolute Gasteiger partial charge is 0.360 e. The van der Waals surface area contributed by atoms with Crippen molar-refractivity contribution in [3.8, 4) is 11.3 Å². The van der Waals surface area contributed by atoms with Gasteiger partial charge in [0.2, 0.25) is 0 Å². The van der Waals surface area contributed by atoms with E-state index in [-0.39, 0.29) is 11.8 Å². The third-order valence-corrected chi connectivity index (χ3v) is 3.58. The minimum absolute atomic E-state index is 0.120. The summed E-state index contributed by atoms with van der Waals surface area (Å²) in [6, 6.07) is 7.23. The second-order valence-electron chi connectivity index (χ2n) is 5.19. The highest BCUT2D eigenvalue weighted by atomic mass is 16.7. The van der Waals surface area contributed by atoms with Crippen LogP contribution in [0.1, 0.15) is 25.8 Å². The SMILES string of the molecule is CC.COC(=O)/C(=N/O[C@@H]1CCOC1)c1ccc(-c2cnccn2)cc1. The van der Waals surface area contributed by atoms with Crippen molar-refractivity contribution in [3.05, 3.63) is 48.4 Å². The molecule has 7 nitrogen and oxygen atoms in total. The van der Waals surface area contributed by atoms with Crippen molar-refractivity contribution in [3.63, 3.8) is 0 Å². The van der Waals surface area contributed by atoms with Gasteiger partial charge in [0.05, 0.1) is 32.2 Å². The molecule has 1 aromatic heterocycles. The van der Waals surface area contributed by atoms with Crippen molar-refractivity contribution >= 4 is 11.7 Å². The normalized spacial score (nSPS) is 16.4. The average molecular weight is 357 g/mol. The molecule has 1 saturated heterocycles. The fourth-order valence-corrected chi connectivity index (χ4v) is 2.27. The van der Waals surface area contributed by atoms with E-state index in [1.54, 1.807) is 30.7 Å². The Morgan fingerprint density at radius 2 is 2.00 bits per heavy atom. The van der Waals surface area contributed by atoms with Gasteiger partial charge in [0.1, 0.15) is 0 Å². The first-order valence-corrected chi connectivity index (χ1v) is 8.54. The predicted molar refractivity (Wildman–Crippen MR) is 97.7 cm³/mol. The number of methoxy groups -OCH3 is 1. The second-order valence-corrected chi connectivity index (χ2v) is 5.19. The van der Waals surface area contributed by atoms with Crippen LogP contribution >= 0.6 is 0 Å². The largest absolute Gasteiger partial charge is 0.464 e. The maximum atomic E-state index is 12.0. The lowest BCUT2D eigenvalue weighted by Crippen LogP contribution is -2.19.